The van der Waals surface area contributed by atoms with Crippen molar-refractivity contribution in [1.82, 2.24) is 0 Å². The fraction of sp³-hybridized carbons (Fsp3) is 0.167. The molecule has 1 saturated heterocycles. The second kappa shape index (κ2) is 6.76. The summed E-state index contributed by atoms with van der Waals surface area (Å²) in [4.78, 5) is 22.8. The van der Waals surface area contributed by atoms with Crippen molar-refractivity contribution in [2.75, 3.05) is 6.16 Å². The number of carbonyl (C=O) groups is 2. The Hall–Kier alpha value is -2.12. The molecule has 1 unspecified atom stereocenters. The molecule has 1 heterocycles. The second-order valence-corrected chi connectivity index (χ2v) is 6.85. The molecule has 2 aromatic rings. The van der Waals surface area contributed by atoms with Crippen LogP contribution in [0.3, 0.4) is 0 Å². The lowest BCUT2D eigenvalue weighted by atomic mass is 9.93. The van der Waals surface area contributed by atoms with Crippen molar-refractivity contribution in [2.24, 2.45) is 0 Å². The molecule has 0 N–H and O–H groups in total. The predicted octanol–water partition coefficient (Wildman–Crippen LogP) is 2.88. The van der Waals surface area contributed by atoms with Crippen LogP contribution in [0, 0.1) is 0 Å². The van der Waals surface area contributed by atoms with E-state index in [0.29, 0.717) is 5.29 Å². The first-order valence-corrected chi connectivity index (χ1v) is 8.67. The monoisotopic (exact) mass is 312 g/mol. The summed E-state index contributed by atoms with van der Waals surface area (Å²) in [7, 11) is -0.250. The highest BCUT2D eigenvalue weighted by Crippen LogP contribution is 2.29. The number of ether oxygens (including phenoxy) is 1. The molecule has 2 aromatic carbocycles. The first-order valence-electron chi connectivity index (χ1n) is 7.28. The predicted molar refractivity (Wildman–Crippen MR) is 90.0 cm³/mol. The van der Waals surface area contributed by atoms with Crippen LogP contribution < -0.4 is 0 Å². The Morgan fingerprint density at radius 2 is 1.45 bits per heavy atom. The first kappa shape index (κ1) is 14.8. The lowest BCUT2D eigenvalue weighted by Crippen LogP contribution is -2.07. The van der Waals surface area contributed by atoms with Gasteiger partial charge in [0.15, 0.2) is 0 Å². The summed E-state index contributed by atoms with van der Waals surface area (Å²) in [5, 5.41) is 0.668. The van der Waals surface area contributed by atoms with E-state index in [1.165, 1.54) is 11.1 Å². The molecule has 4 heteroatoms. The van der Waals surface area contributed by atoms with Crippen molar-refractivity contribution in [3.8, 4) is 0 Å². The fourth-order valence-electron chi connectivity index (χ4n) is 2.68. The Balaban J connectivity index is 1.89. The van der Waals surface area contributed by atoms with Gasteiger partial charge in [-0.15, -0.1) is 8.20 Å². The number of hydrogen-bond donors (Lipinski definition) is 0. The Bertz CT molecular complexity index is 668. The summed E-state index contributed by atoms with van der Waals surface area (Å²) >= 11 is 0. The molecule has 1 atom stereocenters. The molecule has 0 bridgehead atoms. The summed E-state index contributed by atoms with van der Waals surface area (Å²) in [5.41, 5.74) is 2.47. The lowest BCUT2D eigenvalue weighted by molar-refractivity contribution is -0.150. The van der Waals surface area contributed by atoms with Gasteiger partial charge in [-0.1, -0.05) is 60.7 Å². The van der Waals surface area contributed by atoms with Gasteiger partial charge < -0.3 is 4.74 Å². The van der Waals surface area contributed by atoms with Crippen LogP contribution in [-0.4, -0.2) is 23.4 Å². The SMILES string of the molecule is O=C1CC(=[PH2]CC(c2ccccc2)c2ccccc2)C(=O)O1. The van der Waals surface area contributed by atoms with Crippen LogP contribution in [0.15, 0.2) is 60.7 Å². The molecule has 0 aliphatic carbocycles. The summed E-state index contributed by atoms with van der Waals surface area (Å²) in [6.45, 7) is 0. The Kier molecular flexibility index (Phi) is 4.55. The van der Waals surface area contributed by atoms with Crippen molar-refractivity contribution >= 4 is 25.4 Å². The van der Waals surface area contributed by atoms with Gasteiger partial charge in [0.25, 0.3) is 0 Å². The molecule has 0 aromatic heterocycles. The number of esters is 2. The summed E-state index contributed by atoms with van der Waals surface area (Å²) in [6, 6.07) is 20.6. The van der Waals surface area contributed by atoms with Crippen molar-refractivity contribution < 1.29 is 14.3 Å². The van der Waals surface area contributed by atoms with Gasteiger partial charge in [-0.05, 0) is 17.3 Å². The molecular weight excluding hydrogens is 295 g/mol. The maximum absolute atomic E-state index is 11.6. The number of rotatable bonds is 4. The van der Waals surface area contributed by atoms with E-state index in [0.717, 1.165) is 6.16 Å². The fourth-order valence-corrected chi connectivity index (χ4v) is 4.28. The van der Waals surface area contributed by atoms with Gasteiger partial charge in [0.1, 0.15) is 0 Å². The molecule has 1 aliphatic heterocycles. The number of cyclic esters (lactones) is 2. The third kappa shape index (κ3) is 3.37. The summed E-state index contributed by atoms with van der Waals surface area (Å²) in [5.74, 6) is -0.586. The maximum atomic E-state index is 11.6. The molecule has 0 spiro atoms. The maximum Gasteiger partial charge on any atom is 0.341 e. The Morgan fingerprint density at radius 1 is 0.909 bits per heavy atom. The lowest BCUT2D eigenvalue weighted by Gasteiger charge is -2.16. The average molecular weight is 312 g/mol. The second-order valence-electron chi connectivity index (χ2n) is 5.28. The largest absolute Gasteiger partial charge is 0.389 e. The number of benzene rings is 2. The molecule has 22 heavy (non-hydrogen) atoms. The molecule has 0 amide bonds. The quantitative estimate of drug-likeness (QED) is 0.495. The van der Waals surface area contributed by atoms with Gasteiger partial charge in [-0.2, -0.15) is 0 Å². The summed E-state index contributed by atoms with van der Waals surface area (Å²) in [6.07, 6.45) is 1.04. The standard InChI is InChI=1S/C18H17O3P/c19-17-11-16(18(20)21-17)22-12-15(13-7-3-1-4-8-13)14-9-5-2-6-10-14/h1-10,15H,11-12,22H2. The molecule has 0 radical (unpaired) electrons. The highest BCUT2D eigenvalue weighted by Gasteiger charge is 2.26. The minimum Gasteiger partial charge on any atom is -0.389 e. The zero-order valence-corrected chi connectivity index (χ0v) is 13.2. The highest BCUT2D eigenvalue weighted by molar-refractivity contribution is 7.43. The number of hydrogen-bond acceptors (Lipinski definition) is 3. The molecule has 3 nitrogen and oxygen atoms in total. The van der Waals surface area contributed by atoms with Gasteiger partial charge in [-0.3, -0.25) is 4.79 Å². The van der Waals surface area contributed by atoms with Crippen LogP contribution in [0.5, 0.6) is 0 Å². The molecule has 1 aliphatic rings. The van der Waals surface area contributed by atoms with E-state index >= 15 is 0 Å². The third-order valence-corrected chi connectivity index (χ3v) is 5.45. The molecule has 112 valence electrons. The third-order valence-electron chi connectivity index (χ3n) is 3.81. The van der Waals surface area contributed by atoms with E-state index in [4.69, 9.17) is 0 Å². The van der Waals surface area contributed by atoms with Gasteiger partial charge in [0.2, 0.25) is 0 Å². The van der Waals surface area contributed by atoms with Gasteiger partial charge in [0.05, 0.1) is 6.42 Å². The topological polar surface area (TPSA) is 43.4 Å². The normalized spacial score (nSPS) is 16.7. The minimum atomic E-state index is -0.417. The van der Waals surface area contributed by atoms with Crippen LogP contribution in [0.25, 0.3) is 0 Å². The van der Waals surface area contributed by atoms with Crippen LogP contribution in [0.4, 0.5) is 0 Å². The summed E-state index contributed by atoms with van der Waals surface area (Å²) < 4.78 is 4.62. The first-order chi connectivity index (χ1) is 10.7. The Morgan fingerprint density at radius 3 is 1.91 bits per heavy atom. The van der Waals surface area contributed by atoms with Crippen LogP contribution >= 0.6 is 8.20 Å². The highest BCUT2D eigenvalue weighted by atomic mass is 31.1. The van der Waals surface area contributed by atoms with E-state index in [1.807, 2.05) is 36.4 Å². The van der Waals surface area contributed by atoms with Gasteiger partial charge >= 0.3 is 11.9 Å². The number of carbonyl (C=O) groups excluding carboxylic acids is 2. The van der Waals surface area contributed by atoms with E-state index in [9.17, 15) is 9.59 Å². The van der Waals surface area contributed by atoms with Crippen LogP contribution in [0.1, 0.15) is 23.5 Å². The zero-order valence-electron chi connectivity index (χ0n) is 12.1. The van der Waals surface area contributed by atoms with Crippen molar-refractivity contribution in [1.29, 1.82) is 0 Å². The smallest absolute Gasteiger partial charge is 0.341 e. The van der Waals surface area contributed by atoms with E-state index < -0.39 is 11.9 Å². The van der Waals surface area contributed by atoms with Crippen LogP contribution in [-0.2, 0) is 14.3 Å². The minimum absolute atomic E-state index is 0.171. The van der Waals surface area contributed by atoms with Crippen molar-refractivity contribution in [3.63, 3.8) is 0 Å². The van der Waals surface area contributed by atoms with Crippen molar-refractivity contribution in [3.05, 3.63) is 71.8 Å². The molecular formula is C18H17O3P. The average Bonchev–Trinajstić information content (AvgIpc) is 2.87. The molecule has 1 fully saturated rings. The van der Waals surface area contributed by atoms with Crippen LogP contribution in [0.2, 0.25) is 0 Å². The molecule has 0 saturated carbocycles. The zero-order chi connectivity index (χ0) is 15.4. The van der Waals surface area contributed by atoms with E-state index in [-0.39, 0.29) is 20.5 Å². The van der Waals surface area contributed by atoms with Gasteiger partial charge in [-0.25, -0.2) is 4.79 Å². The van der Waals surface area contributed by atoms with Crippen molar-refractivity contribution in [2.45, 2.75) is 12.3 Å². The Labute approximate surface area is 130 Å². The van der Waals surface area contributed by atoms with Gasteiger partial charge in [0, 0.05) is 11.2 Å². The van der Waals surface area contributed by atoms with E-state index in [1.54, 1.807) is 0 Å². The molecule has 3 rings (SSSR count). The van der Waals surface area contributed by atoms with E-state index in [2.05, 4.69) is 29.0 Å².